The Balaban J connectivity index is 1.58. The van der Waals surface area contributed by atoms with Crippen molar-refractivity contribution in [2.45, 2.75) is 50.7 Å². The molecule has 2 N–H and O–H groups in total. The summed E-state index contributed by atoms with van der Waals surface area (Å²) in [6, 6.07) is 9.16. The molecule has 34 heavy (non-hydrogen) atoms. The molecule has 1 atom stereocenters. The number of amides is 3. The van der Waals surface area contributed by atoms with Gasteiger partial charge in [0.1, 0.15) is 11.8 Å². The molecule has 0 spiro atoms. The predicted octanol–water partition coefficient (Wildman–Crippen LogP) is 3.22. The van der Waals surface area contributed by atoms with E-state index in [0.717, 1.165) is 25.7 Å². The van der Waals surface area contributed by atoms with Gasteiger partial charge < -0.3 is 24.4 Å². The van der Waals surface area contributed by atoms with Crippen molar-refractivity contribution in [3.63, 3.8) is 0 Å². The van der Waals surface area contributed by atoms with E-state index in [2.05, 4.69) is 15.6 Å². The molecule has 3 aromatic heterocycles. The van der Waals surface area contributed by atoms with Crippen molar-refractivity contribution in [1.29, 1.82) is 0 Å². The zero-order valence-corrected chi connectivity index (χ0v) is 18.8. The van der Waals surface area contributed by atoms with Gasteiger partial charge in [-0.1, -0.05) is 19.3 Å². The maximum atomic E-state index is 13.6. The maximum absolute atomic E-state index is 13.6. The van der Waals surface area contributed by atoms with Crippen LogP contribution < -0.4 is 10.6 Å². The standard InChI is InChI=1S/C25H28N4O5/c30-22(16-27-24(31)21-9-5-15-34-21)29(17-20-8-4-14-33-20)23(18-10-12-26-13-11-18)25(32)28-19-6-2-1-3-7-19/h4-5,8-15,19,23H,1-3,6-7,16-17H2,(H,27,31)(H,28,32). The largest absolute Gasteiger partial charge is 0.467 e. The van der Waals surface area contributed by atoms with Gasteiger partial charge in [-0.05, 0) is 54.8 Å². The molecule has 9 nitrogen and oxygen atoms in total. The second-order valence-electron chi connectivity index (χ2n) is 8.29. The van der Waals surface area contributed by atoms with Crippen LogP contribution in [-0.4, -0.2) is 40.2 Å². The summed E-state index contributed by atoms with van der Waals surface area (Å²) in [7, 11) is 0. The minimum Gasteiger partial charge on any atom is -0.467 e. The van der Waals surface area contributed by atoms with Crippen LogP contribution in [0.2, 0.25) is 0 Å². The van der Waals surface area contributed by atoms with Crippen LogP contribution in [0, 0.1) is 0 Å². The molecule has 1 saturated carbocycles. The lowest BCUT2D eigenvalue weighted by Gasteiger charge is -2.33. The first-order chi connectivity index (χ1) is 16.6. The van der Waals surface area contributed by atoms with Gasteiger partial charge in [0.05, 0.1) is 25.6 Å². The summed E-state index contributed by atoms with van der Waals surface area (Å²) in [4.78, 5) is 44.7. The van der Waals surface area contributed by atoms with Crippen LogP contribution in [0.5, 0.6) is 0 Å². The van der Waals surface area contributed by atoms with Crippen molar-refractivity contribution in [2.75, 3.05) is 6.54 Å². The summed E-state index contributed by atoms with van der Waals surface area (Å²) in [5.74, 6) is -0.586. The first kappa shape index (κ1) is 23.3. The smallest absolute Gasteiger partial charge is 0.287 e. The van der Waals surface area contributed by atoms with E-state index in [1.165, 1.54) is 29.9 Å². The predicted molar refractivity (Wildman–Crippen MR) is 122 cm³/mol. The molecule has 0 radical (unpaired) electrons. The maximum Gasteiger partial charge on any atom is 0.287 e. The topological polar surface area (TPSA) is 118 Å². The Bertz CT molecular complexity index is 1060. The van der Waals surface area contributed by atoms with E-state index in [0.29, 0.717) is 11.3 Å². The van der Waals surface area contributed by atoms with Crippen molar-refractivity contribution in [2.24, 2.45) is 0 Å². The summed E-state index contributed by atoms with van der Waals surface area (Å²) in [5.41, 5.74) is 0.626. The summed E-state index contributed by atoms with van der Waals surface area (Å²) < 4.78 is 10.6. The molecular formula is C25H28N4O5. The van der Waals surface area contributed by atoms with Crippen molar-refractivity contribution in [1.82, 2.24) is 20.5 Å². The zero-order chi connectivity index (χ0) is 23.8. The Morgan fingerprint density at radius 1 is 1.00 bits per heavy atom. The summed E-state index contributed by atoms with van der Waals surface area (Å²) in [6.45, 7) is -0.244. The fraction of sp³-hybridized carbons (Fsp3) is 0.360. The van der Waals surface area contributed by atoms with Gasteiger partial charge in [-0.15, -0.1) is 0 Å². The van der Waals surface area contributed by atoms with Crippen molar-refractivity contribution >= 4 is 17.7 Å². The zero-order valence-electron chi connectivity index (χ0n) is 18.8. The fourth-order valence-electron chi connectivity index (χ4n) is 4.19. The Morgan fingerprint density at radius 2 is 1.74 bits per heavy atom. The van der Waals surface area contributed by atoms with Gasteiger partial charge in [-0.2, -0.15) is 0 Å². The third kappa shape index (κ3) is 5.92. The number of hydrogen-bond donors (Lipinski definition) is 2. The molecule has 3 aromatic rings. The highest BCUT2D eigenvalue weighted by atomic mass is 16.3. The van der Waals surface area contributed by atoms with Crippen molar-refractivity contribution in [3.8, 4) is 0 Å². The molecule has 1 fully saturated rings. The molecule has 3 amide bonds. The first-order valence-corrected chi connectivity index (χ1v) is 11.5. The van der Waals surface area contributed by atoms with Crippen LogP contribution in [0.15, 0.2) is 70.2 Å². The van der Waals surface area contributed by atoms with E-state index >= 15 is 0 Å². The Labute approximate surface area is 197 Å². The SMILES string of the molecule is O=C(NCC(=O)N(Cc1ccco1)C(C(=O)NC1CCCCC1)c1ccncc1)c1ccco1. The third-order valence-corrected chi connectivity index (χ3v) is 5.91. The highest BCUT2D eigenvalue weighted by Crippen LogP contribution is 2.25. The molecule has 4 rings (SSSR count). The average molecular weight is 465 g/mol. The quantitative estimate of drug-likeness (QED) is 0.502. The molecular weight excluding hydrogens is 436 g/mol. The van der Waals surface area contributed by atoms with Crippen LogP contribution in [0.4, 0.5) is 0 Å². The molecule has 178 valence electrons. The van der Waals surface area contributed by atoms with Gasteiger partial charge in [0.25, 0.3) is 5.91 Å². The molecule has 3 heterocycles. The fourth-order valence-corrected chi connectivity index (χ4v) is 4.19. The van der Waals surface area contributed by atoms with Gasteiger partial charge in [0.2, 0.25) is 11.8 Å². The van der Waals surface area contributed by atoms with Gasteiger partial charge in [0.15, 0.2) is 5.76 Å². The van der Waals surface area contributed by atoms with Crippen LogP contribution in [-0.2, 0) is 16.1 Å². The van der Waals surface area contributed by atoms with Crippen molar-refractivity contribution < 1.29 is 23.2 Å². The number of carbonyl (C=O) groups is 3. The van der Waals surface area contributed by atoms with Gasteiger partial charge >= 0.3 is 0 Å². The molecule has 1 unspecified atom stereocenters. The minimum absolute atomic E-state index is 0.0630. The van der Waals surface area contributed by atoms with Gasteiger partial charge in [-0.25, -0.2) is 0 Å². The number of carbonyl (C=O) groups excluding carboxylic acids is 3. The number of aromatic nitrogens is 1. The number of furan rings is 2. The van der Waals surface area contributed by atoms with E-state index in [4.69, 9.17) is 8.83 Å². The van der Waals surface area contributed by atoms with E-state index in [-0.39, 0.29) is 30.8 Å². The summed E-state index contributed by atoms with van der Waals surface area (Å²) in [5, 5.41) is 5.71. The first-order valence-electron chi connectivity index (χ1n) is 11.5. The number of hydrogen-bond acceptors (Lipinski definition) is 6. The van der Waals surface area contributed by atoms with Crippen LogP contribution >= 0.6 is 0 Å². The average Bonchev–Trinajstić information content (AvgIpc) is 3.58. The normalized spacial score (nSPS) is 14.8. The highest BCUT2D eigenvalue weighted by Gasteiger charge is 2.33. The summed E-state index contributed by atoms with van der Waals surface area (Å²) in [6.07, 6.45) is 11.2. The Hall–Kier alpha value is -3.88. The number of nitrogens with one attached hydrogen (secondary N) is 2. The molecule has 9 heteroatoms. The minimum atomic E-state index is -0.914. The molecule has 0 bridgehead atoms. The number of rotatable bonds is 9. The lowest BCUT2D eigenvalue weighted by atomic mass is 9.94. The number of nitrogens with zero attached hydrogens (tertiary/aromatic N) is 2. The van der Waals surface area contributed by atoms with E-state index in [9.17, 15) is 14.4 Å². The highest BCUT2D eigenvalue weighted by molar-refractivity contribution is 5.95. The van der Waals surface area contributed by atoms with Crippen molar-refractivity contribution in [3.05, 3.63) is 78.4 Å². The van der Waals surface area contributed by atoms with E-state index < -0.39 is 17.9 Å². The third-order valence-electron chi connectivity index (χ3n) is 5.91. The Morgan fingerprint density at radius 3 is 2.41 bits per heavy atom. The molecule has 0 aliphatic heterocycles. The number of pyridine rings is 1. The molecule has 0 saturated heterocycles. The summed E-state index contributed by atoms with van der Waals surface area (Å²) >= 11 is 0. The van der Waals surface area contributed by atoms with E-state index in [1.807, 2.05) is 0 Å². The van der Waals surface area contributed by atoms with Crippen LogP contribution in [0.1, 0.15) is 60.0 Å². The molecule has 0 aromatic carbocycles. The van der Waals surface area contributed by atoms with Crippen LogP contribution in [0.25, 0.3) is 0 Å². The lowest BCUT2D eigenvalue weighted by molar-refractivity contribution is -0.141. The molecule has 1 aliphatic carbocycles. The van der Waals surface area contributed by atoms with E-state index in [1.54, 1.807) is 42.7 Å². The Kier molecular flexibility index (Phi) is 7.75. The lowest BCUT2D eigenvalue weighted by Crippen LogP contribution is -2.49. The molecule has 1 aliphatic rings. The second-order valence-corrected chi connectivity index (χ2v) is 8.29. The van der Waals surface area contributed by atoms with Crippen LogP contribution in [0.3, 0.4) is 0 Å². The van der Waals surface area contributed by atoms with Gasteiger partial charge in [-0.3, -0.25) is 19.4 Å². The van der Waals surface area contributed by atoms with Gasteiger partial charge in [0, 0.05) is 18.4 Å². The monoisotopic (exact) mass is 464 g/mol. The second kappa shape index (κ2) is 11.3.